The van der Waals surface area contributed by atoms with Gasteiger partial charge in [-0.3, -0.25) is 4.79 Å². The molecule has 1 N–H and O–H groups in total. The summed E-state index contributed by atoms with van der Waals surface area (Å²) < 4.78 is 18.4. The van der Waals surface area contributed by atoms with E-state index in [1.165, 1.54) is 12.1 Å². The molecular weight excluding hydrogens is 259 g/mol. The van der Waals surface area contributed by atoms with Crippen molar-refractivity contribution in [3.8, 4) is 0 Å². The molecule has 1 aromatic carbocycles. The molecule has 1 heterocycles. The number of rotatable bonds is 4. The van der Waals surface area contributed by atoms with Gasteiger partial charge in [0.25, 0.3) is 5.91 Å². The summed E-state index contributed by atoms with van der Waals surface area (Å²) in [6.45, 7) is 2.02. The van der Waals surface area contributed by atoms with Gasteiger partial charge in [-0.15, -0.1) is 0 Å². The van der Waals surface area contributed by atoms with Gasteiger partial charge in [-0.05, 0) is 43.6 Å². The first kappa shape index (κ1) is 14.9. The third kappa shape index (κ3) is 3.16. The van der Waals surface area contributed by atoms with E-state index in [1.54, 1.807) is 31.2 Å². The number of piperidine rings is 1. The predicted octanol–water partition coefficient (Wildman–Crippen LogP) is 1.55. The molecule has 20 heavy (non-hydrogen) atoms. The van der Waals surface area contributed by atoms with Crippen molar-refractivity contribution in [1.29, 1.82) is 0 Å². The van der Waals surface area contributed by atoms with Crippen LogP contribution in [0.1, 0.15) is 18.4 Å². The van der Waals surface area contributed by atoms with Crippen LogP contribution in [0.4, 0.5) is 4.39 Å². The number of nitrogens with one attached hydrogen (secondary N) is 1. The number of nitrogens with zero attached hydrogens (tertiary/aromatic N) is 1. The summed E-state index contributed by atoms with van der Waals surface area (Å²) in [5.74, 6) is -0.278. The standard InChI is InChI=1S/C15H21FN2O2/c1-18(11-12-3-5-13(16)6-4-12)14(19)15(20-2)7-9-17-10-8-15/h3-6,17H,7-11H2,1-2H3. The molecule has 1 aromatic rings. The molecule has 0 aliphatic carbocycles. The minimum atomic E-state index is -0.722. The first-order chi connectivity index (χ1) is 9.57. The largest absolute Gasteiger partial charge is 0.368 e. The second kappa shape index (κ2) is 6.33. The molecule has 110 valence electrons. The Morgan fingerprint density at radius 2 is 1.95 bits per heavy atom. The molecule has 1 aliphatic heterocycles. The van der Waals surface area contributed by atoms with Gasteiger partial charge in [0.1, 0.15) is 11.4 Å². The Morgan fingerprint density at radius 1 is 1.35 bits per heavy atom. The van der Waals surface area contributed by atoms with Crippen LogP contribution in [-0.2, 0) is 16.1 Å². The average molecular weight is 280 g/mol. The number of benzene rings is 1. The van der Waals surface area contributed by atoms with Gasteiger partial charge in [0.15, 0.2) is 0 Å². The van der Waals surface area contributed by atoms with Crippen molar-refractivity contribution < 1.29 is 13.9 Å². The fourth-order valence-corrected chi connectivity index (χ4v) is 2.62. The Hall–Kier alpha value is -1.46. The van der Waals surface area contributed by atoms with Crippen LogP contribution in [0.5, 0.6) is 0 Å². The first-order valence-electron chi connectivity index (χ1n) is 6.83. The van der Waals surface area contributed by atoms with Gasteiger partial charge in [0.2, 0.25) is 0 Å². The van der Waals surface area contributed by atoms with Crippen molar-refractivity contribution in [1.82, 2.24) is 10.2 Å². The van der Waals surface area contributed by atoms with E-state index >= 15 is 0 Å². The monoisotopic (exact) mass is 280 g/mol. The fourth-order valence-electron chi connectivity index (χ4n) is 2.62. The molecule has 0 atom stereocenters. The van der Waals surface area contributed by atoms with Crippen LogP contribution < -0.4 is 5.32 Å². The first-order valence-corrected chi connectivity index (χ1v) is 6.83. The van der Waals surface area contributed by atoms with Crippen LogP contribution in [0.2, 0.25) is 0 Å². The SMILES string of the molecule is COC1(C(=O)N(C)Cc2ccc(F)cc2)CCNCC1. The average Bonchev–Trinajstić information content (AvgIpc) is 2.49. The van der Waals surface area contributed by atoms with Crippen LogP contribution >= 0.6 is 0 Å². The molecule has 4 nitrogen and oxygen atoms in total. The Labute approximate surface area is 118 Å². The maximum atomic E-state index is 12.9. The number of ether oxygens (including phenoxy) is 1. The summed E-state index contributed by atoms with van der Waals surface area (Å²) in [6.07, 6.45) is 1.35. The summed E-state index contributed by atoms with van der Waals surface area (Å²) in [5.41, 5.74) is 0.183. The molecule has 2 rings (SSSR count). The van der Waals surface area contributed by atoms with E-state index in [-0.39, 0.29) is 11.7 Å². The molecule has 0 saturated carbocycles. The number of hydrogen-bond acceptors (Lipinski definition) is 3. The normalized spacial score (nSPS) is 17.8. The maximum Gasteiger partial charge on any atom is 0.254 e. The lowest BCUT2D eigenvalue weighted by Crippen LogP contribution is -2.54. The predicted molar refractivity (Wildman–Crippen MR) is 74.7 cm³/mol. The number of likely N-dealkylation sites (N-methyl/N-ethyl adjacent to an activating group) is 1. The van der Waals surface area contributed by atoms with Gasteiger partial charge in [-0.1, -0.05) is 12.1 Å². The van der Waals surface area contributed by atoms with Crippen LogP contribution in [0.3, 0.4) is 0 Å². The number of hydrogen-bond donors (Lipinski definition) is 1. The van der Waals surface area contributed by atoms with Crippen molar-refractivity contribution >= 4 is 5.91 Å². The summed E-state index contributed by atoms with van der Waals surface area (Å²) in [4.78, 5) is 14.3. The summed E-state index contributed by atoms with van der Waals surface area (Å²) in [6, 6.07) is 6.20. The lowest BCUT2D eigenvalue weighted by Gasteiger charge is -2.37. The Balaban J connectivity index is 2.05. The van der Waals surface area contributed by atoms with E-state index in [2.05, 4.69) is 5.32 Å². The number of halogens is 1. The van der Waals surface area contributed by atoms with Crippen molar-refractivity contribution in [3.05, 3.63) is 35.6 Å². The summed E-state index contributed by atoms with van der Waals surface area (Å²) in [5, 5.41) is 3.23. The van der Waals surface area contributed by atoms with Gasteiger partial charge >= 0.3 is 0 Å². The third-order valence-corrected chi connectivity index (χ3v) is 3.87. The summed E-state index contributed by atoms with van der Waals surface area (Å²) >= 11 is 0. The third-order valence-electron chi connectivity index (χ3n) is 3.87. The van der Waals surface area contributed by atoms with E-state index in [0.29, 0.717) is 19.4 Å². The number of methoxy groups -OCH3 is 1. The lowest BCUT2D eigenvalue weighted by molar-refractivity contribution is -0.157. The quantitative estimate of drug-likeness (QED) is 0.910. The topological polar surface area (TPSA) is 41.6 Å². The minimum Gasteiger partial charge on any atom is -0.368 e. The van der Waals surface area contributed by atoms with Crippen molar-refractivity contribution in [3.63, 3.8) is 0 Å². The zero-order valence-corrected chi connectivity index (χ0v) is 12.0. The second-order valence-corrected chi connectivity index (χ2v) is 5.24. The molecule has 5 heteroatoms. The molecule has 1 aliphatic rings. The molecule has 0 radical (unpaired) electrons. The lowest BCUT2D eigenvalue weighted by atomic mass is 9.90. The molecule has 0 aromatic heterocycles. The number of amides is 1. The fraction of sp³-hybridized carbons (Fsp3) is 0.533. The smallest absolute Gasteiger partial charge is 0.254 e. The molecule has 1 amide bonds. The summed E-state index contributed by atoms with van der Waals surface area (Å²) in [7, 11) is 3.35. The van der Waals surface area contributed by atoms with E-state index in [1.807, 2.05) is 0 Å². The van der Waals surface area contributed by atoms with Crippen molar-refractivity contribution in [2.45, 2.75) is 25.0 Å². The Kier molecular flexibility index (Phi) is 4.73. The van der Waals surface area contributed by atoms with Gasteiger partial charge in [0, 0.05) is 20.7 Å². The maximum absolute atomic E-state index is 12.9. The zero-order valence-electron chi connectivity index (χ0n) is 12.0. The van der Waals surface area contributed by atoms with E-state index in [9.17, 15) is 9.18 Å². The molecule has 0 spiro atoms. The van der Waals surface area contributed by atoms with Crippen molar-refractivity contribution in [2.75, 3.05) is 27.2 Å². The van der Waals surface area contributed by atoms with E-state index < -0.39 is 5.60 Å². The van der Waals surface area contributed by atoms with Crippen LogP contribution in [0.25, 0.3) is 0 Å². The highest BCUT2D eigenvalue weighted by molar-refractivity contribution is 5.85. The molecule has 0 bridgehead atoms. The van der Waals surface area contributed by atoms with Crippen molar-refractivity contribution in [2.24, 2.45) is 0 Å². The molecular formula is C15H21FN2O2. The Morgan fingerprint density at radius 3 is 2.50 bits per heavy atom. The molecule has 0 unspecified atom stereocenters. The highest BCUT2D eigenvalue weighted by Crippen LogP contribution is 2.25. The zero-order chi connectivity index (χ0) is 14.6. The van der Waals surface area contributed by atoms with Gasteiger partial charge in [-0.2, -0.15) is 0 Å². The van der Waals surface area contributed by atoms with Crippen LogP contribution in [0, 0.1) is 5.82 Å². The number of carbonyl (C=O) groups excluding carboxylic acids is 1. The van der Waals surface area contributed by atoms with Gasteiger partial charge in [0.05, 0.1) is 0 Å². The molecule has 1 fully saturated rings. The van der Waals surface area contributed by atoms with Gasteiger partial charge in [-0.25, -0.2) is 4.39 Å². The second-order valence-electron chi connectivity index (χ2n) is 5.24. The van der Waals surface area contributed by atoms with Crippen LogP contribution in [-0.4, -0.2) is 43.7 Å². The van der Waals surface area contributed by atoms with Crippen LogP contribution in [0.15, 0.2) is 24.3 Å². The van der Waals surface area contributed by atoms with Gasteiger partial charge < -0.3 is 15.0 Å². The van der Waals surface area contributed by atoms with E-state index in [0.717, 1.165) is 18.7 Å². The number of carbonyl (C=O) groups is 1. The highest BCUT2D eigenvalue weighted by Gasteiger charge is 2.41. The van der Waals surface area contributed by atoms with E-state index in [4.69, 9.17) is 4.74 Å². The minimum absolute atomic E-state index is 0.00850. The molecule has 1 saturated heterocycles. The Bertz CT molecular complexity index is 455. The highest BCUT2D eigenvalue weighted by atomic mass is 19.1.